The van der Waals surface area contributed by atoms with E-state index in [1.165, 1.54) is 5.56 Å². The predicted molar refractivity (Wildman–Crippen MR) is 111 cm³/mol. The molecule has 27 heavy (non-hydrogen) atoms. The quantitative estimate of drug-likeness (QED) is 0.791. The number of aryl methyl sites for hydroxylation is 1. The lowest BCUT2D eigenvalue weighted by molar-refractivity contribution is -0.130. The number of halogens is 1. The van der Waals surface area contributed by atoms with Gasteiger partial charge in [0.25, 0.3) is 0 Å². The Kier molecular flexibility index (Phi) is 6.62. The number of nitrogens with zero attached hydrogens (tertiary/aromatic N) is 1. The number of methoxy groups -OCH3 is 1. The van der Waals surface area contributed by atoms with E-state index in [9.17, 15) is 4.79 Å². The van der Waals surface area contributed by atoms with Crippen molar-refractivity contribution in [2.45, 2.75) is 26.2 Å². The summed E-state index contributed by atoms with van der Waals surface area (Å²) in [7, 11) is 1.60. The molecule has 1 amide bonds. The average molecular weight is 387 g/mol. The van der Waals surface area contributed by atoms with E-state index in [1.807, 2.05) is 17.9 Å². The standard InChI is InChI=1S/C22H27ClN2O2/c1-16-12-20(21(27-2)14-19(16)23)24-15-22(26)25-10-8-18(9-11-25)13-17-6-4-3-5-7-17/h3-7,12,14,18,24H,8-11,13,15H2,1-2H3. The van der Waals surface area contributed by atoms with Crippen LogP contribution in [0.1, 0.15) is 24.0 Å². The molecule has 5 heteroatoms. The molecule has 3 rings (SSSR count). The van der Waals surface area contributed by atoms with Gasteiger partial charge >= 0.3 is 0 Å². The maximum absolute atomic E-state index is 12.6. The van der Waals surface area contributed by atoms with E-state index < -0.39 is 0 Å². The van der Waals surface area contributed by atoms with Crippen LogP contribution in [0.3, 0.4) is 0 Å². The smallest absolute Gasteiger partial charge is 0.241 e. The third kappa shape index (κ3) is 5.16. The summed E-state index contributed by atoms with van der Waals surface area (Å²) in [5.74, 6) is 1.44. The van der Waals surface area contributed by atoms with Crippen molar-refractivity contribution < 1.29 is 9.53 Å². The van der Waals surface area contributed by atoms with Crippen LogP contribution in [0.25, 0.3) is 0 Å². The third-order valence-electron chi connectivity index (χ3n) is 5.25. The molecule has 1 fully saturated rings. The molecule has 0 atom stereocenters. The van der Waals surface area contributed by atoms with Crippen LogP contribution in [0, 0.1) is 12.8 Å². The summed E-state index contributed by atoms with van der Waals surface area (Å²) in [6.45, 7) is 3.86. The van der Waals surface area contributed by atoms with E-state index in [4.69, 9.17) is 16.3 Å². The van der Waals surface area contributed by atoms with E-state index in [0.717, 1.165) is 43.6 Å². The second-order valence-electron chi connectivity index (χ2n) is 7.17. The van der Waals surface area contributed by atoms with E-state index >= 15 is 0 Å². The number of benzene rings is 2. The first-order chi connectivity index (χ1) is 13.1. The second kappa shape index (κ2) is 9.14. The van der Waals surface area contributed by atoms with E-state index in [2.05, 4.69) is 35.6 Å². The summed E-state index contributed by atoms with van der Waals surface area (Å²) in [6, 6.07) is 14.3. The van der Waals surface area contributed by atoms with E-state index in [0.29, 0.717) is 16.7 Å². The SMILES string of the molecule is COc1cc(Cl)c(C)cc1NCC(=O)N1CCC(Cc2ccccc2)CC1. The average Bonchev–Trinajstić information content (AvgIpc) is 2.69. The number of rotatable bonds is 6. The Balaban J connectivity index is 1.49. The van der Waals surface area contributed by atoms with Gasteiger partial charge in [0.05, 0.1) is 19.3 Å². The van der Waals surface area contributed by atoms with Crippen molar-refractivity contribution in [2.24, 2.45) is 5.92 Å². The van der Waals surface area contributed by atoms with Crippen LogP contribution in [-0.4, -0.2) is 37.6 Å². The van der Waals surface area contributed by atoms with Crippen LogP contribution in [0.2, 0.25) is 5.02 Å². The summed E-state index contributed by atoms with van der Waals surface area (Å²) in [6.07, 6.45) is 3.22. The molecule has 1 aliphatic heterocycles. The highest BCUT2D eigenvalue weighted by Gasteiger charge is 2.23. The summed E-state index contributed by atoms with van der Waals surface area (Å²) >= 11 is 6.14. The third-order valence-corrected chi connectivity index (χ3v) is 5.65. The summed E-state index contributed by atoms with van der Waals surface area (Å²) < 4.78 is 5.36. The molecule has 0 unspecified atom stereocenters. The predicted octanol–water partition coefficient (Wildman–Crippen LogP) is 4.55. The van der Waals surface area contributed by atoms with Gasteiger partial charge in [-0.1, -0.05) is 41.9 Å². The number of anilines is 1. The molecule has 0 spiro atoms. The lowest BCUT2D eigenvalue weighted by atomic mass is 9.90. The molecule has 144 valence electrons. The highest BCUT2D eigenvalue weighted by molar-refractivity contribution is 6.31. The van der Waals surface area contributed by atoms with Crippen LogP contribution < -0.4 is 10.1 Å². The van der Waals surface area contributed by atoms with Crippen molar-refractivity contribution >= 4 is 23.2 Å². The number of ether oxygens (including phenoxy) is 1. The molecule has 0 saturated carbocycles. The highest BCUT2D eigenvalue weighted by atomic mass is 35.5. The first-order valence-corrected chi connectivity index (χ1v) is 9.84. The van der Waals surface area contributed by atoms with Crippen LogP contribution >= 0.6 is 11.6 Å². The Morgan fingerprint density at radius 2 is 1.93 bits per heavy atom. The Morgan fingerprint density at radius 3 is 2.59 bits per heavy atom. The monoisotopic (exact) mass is 386 g/mol. The minimum atomic E-state index is 0.128. The molecular formula is C22H27ClN2O2. The van der Waals surface area contributed by atoms with Crippen LogP contribution in [0.5, 0.6) is 5.75 Å². The lowest BCUT2D eigenvalue weighted by Gasteiger charge is -2.32. The number of likely N-dealkylation sites (tertiary alicyclic amines) is 1. The number of piperidine rings is 1. The Bertz CT molecular complexity index is 771. The van der Waals surface area contributed by atoms with E-state index in [-0.39, 0.29) is 12.5 Å². The molecule has 0 radical (unpaired) electrons. The maximum atomic E-state index is 12.6. The van der Waals surface area contributed by atoms with Gasteiger partial charge in [-0.25, -0.2) is 0 Å². The van der Waals surface area contributed by atoms with Gasteiger partial charge in [0.1, 0.15) is 5.75 Å². The van der Waals surface area contributed by atoms with Crippen molar-refractivity contribution in [2.75, 3.05) is 32.1 Å². The van der Waals surface area contributed by atoms with Gasteiger partial charge in [-0.3, -0.25) is 4.79 Å². The molecule has 1 heterocycles. The largest absolute Gasteiger partial charge is 0.495 e. The van der Waals surface area contributed by atoms with Gasteiger partial charge in [-0.15, -0.1) is 0 Å². The van der Waals surface area contributed by atoms with Gasteiger partial charge in [-0.2, -0.15) is 0 Å². The molecule has 0 aromatic heterocycles. The zero-order valence-corrected chi connectivity index (χ0v) is 16.8. The van der Waals surface area contributed by atoms with Crippen molar-refractivity contribution in [1.82, 2.24) is 4.90 Å². The lowest BCUT2D eigenvalue weighted by Crippen LogP contribution is -2.41. The second-order valence-corrected chi connectivity index (χ2v) is 7.58. The Labute approximate surface area is 166 Å². The van der Waals surface area contributed by atoms with Crippen molar-refractivity contribution in [3.05, 3.63) is 58.6 Å². The molecule has 1 N–H and O–H groups in total. The zero-order chi connectivity index (χ0) is 19.2. The molecule has 4 nitrogen and oxygen atoms in total. The van der Waals surface area contributed by atoms with Crippen molar-refractivity contribution in [3.8, 4) is 5.75 Å². The number of amides is 1. The minimum Gasteiger partial charge on any atom is -0.495 e. The Morgan fingerprint density at radius 1 is 1.22 bits per heavy atom. The van der Waals surface area contributed by atoms with Gasteiger partial charge in [-0.05, 0) is 49.3 Å². The van der Waals surface area contributed by atoms with Crippen molar-refractivity contribution in [3.63, 3.8) is 0 Å². The summed E-state index contributed by atoms with van der Waals surface area (Å²) in [4.78, 5) is 14.5. The molecule has 0 aliphatic carbocycles. The number of hydrogen-bond acceptors (Lipinski definition) is 3. The number of carbonyl (C=O) groups excluding carboxylic acids is 1. The molecule has 0 bridgehead atoms. The normalized spacial score (nSPS) is 14.9. The highest BCUT2D eigenvalue weighted by Crippen LogP contribution is 2.31. The van der Waals surface area contributed by atoms with Gasteiger partial charge in [0, 0.05) is 24.2 Å². The first kappa shape index (κ1) is 19.6. The maximum Gasteiger partial charge on any atom is 0.241 e. The number of hydrogen-bond donors (Lipinski definition) is 1. The van der Waals surface area contributed by atoms with Gasteiger partial charge < -0.3 is 15.0 Å². The Hall–Kier alpha value is -2.20. The van der Waals surface area contributed by atoms with Crippen LogP contribution in [0.15, 0.2) is 42.5 Å². The van der Waals surface area contributed by atoms with Crippen LogP contribution in [0.4, 0.5) is 5.69 Å². The fraction of sp³-hybridized carbons (Fsp3) is 0.409. The molecule has 1 aliphatic rings. The number of nitrogens with one attached hydrogen (secondary N) is 1. The molecule has 2 aromatic rings. The molecular weight excluding hydrogens is 360 g/mol. The molecule has 1 saturated heterocycles. The molecule has 2 aromatic carbocycles. The summed E-state index contributed by atoms with van der Waals surface area (Å²) in [5, 5.41) is 3.86. The van der Waals surface area contributed by atoms with Gasteiger partial charge in [0.2, 0.25) is 5.91 Å². The number of carbonyl (C=O) groups is 1. The van der Waals surface area contributed by atoms with E-state index in [1.54, 1.807) is 13.2 Å². The topological polar surface area (TPSA) is 41.6 Å². The first-order valence-electron chi connectivity index (χ1n) is 9.46. The zero-order valence-electron chi connectivity index (χ0n) is 16.0. The van der Waals surface area contributed by atoms with Crippen molar-refractivity contribution in [1.29, 1.82) is 0 Å². The fourth-order valence-corrected chi connectivity index (χ4v) is 3.74. The summed E-state index contributed by atoms with van der Waals surface area (Å²) in [5.41, 5.74) is 3.13. The van der Waals surface area contributed by atoms with Crippen LogP contribution in [-0.2, 0) is 11.2 Å². The fourth-order valence-electron chi connectivity index (χ4n) is 3.59. The van der Waals surface area contributed by atoms with Gasteiger partial charge in [0.15, 0.2) is 0 Å². The minimum absolute atomic E-state index is 0.128.